The Morgan fingerprint density at radius 3 is 2.75 bits per heavy atom. The van der Waals surface area contributed by atoms with Crippen molar-refractivity contribution in [2.75, 3.05) is 20.7 Å². The maximum absolute atomic E-state index is 11.3. The summed E-state index contributed by atoms with van der Waals surface area (Å²) in [4.78, 5) is 12.9. The van der Waals surface area contributed by atoms with Crippen molar-refractivity contribution in [3.63, 3.8) is 0 Å². The number of aryl methyl sites for hydroxylation is 1. The highest BCUT2D eigenvalue weighted by Crippen LogP contribution is 2.14. The van der Waals surface area contributed by atoms with E-state index in [9.17, 15) is 4.79 Å². The van der Waals surface area contributed by atoms with Crippen molar-refractivity contribution < 1.29 is 9.53 Å². The van der Waals surface area contributed by atoms with Crippen LogP contribution in [0.4, 0.5) is 0 Å². The summed E-state index contributed by atoms with van der Waals surface area (Å²) in [6.45, 7) is 2.24. The Bertz CT molecular complexity index is 348. The quantitative estimate of drug-likeness (QED) is 0.762. The third-order valence-electron chi connectivity index (χ3n) is 2.30. The molecule has 3 nitrogen and oxygen atoms in total. The fourth-order valence-electron chi connectivity index (χ4n) is 1.35. The Hall–Kier alpha value is -1.51. The first-order chi connectivity index (χ1) is 7.63. The van der Waals surface area contributed by atoms with Gasteiger partial charge in [-0.3, -0.25) is 4.79 Å². The molecule has 1 aromatic rings. The van der Waals surface area contributed by atoms with E-state index < -0.39 is 0 Å². The molecule has 0 saturated heterocycles. The lowest BCUT2D eigenvalue weighted by atomic mass is 10.1. The van der Waals surface area contributed by atoms with Crippen LogP contribution in [0.2, 0.25) is 0 Å². The molecule has 0 aliphatic carbocycles. The SMILES string of the molecule is CCCc1cccc(OCC(=O)N(C)C)c1. The number of benzene rings is 1. The van der Waals surface area contributed by atoms with E-state index in [0.717, 1.165) is 18.6 Å². The van der Waals surface area contributed by atoms with Crippen LogP contribution in [0.1, 0.15) is 18.9 Å². The monoisotopic (exact) mass is 221 g/mol. The second-order valence-electron chi connectivity index (χ2n) is 3.97. The zero-order chi connectivity index (χ0) is 12.0. The maximum atomic E-state index is 11.3. The van der Waals surface area contributed by atoms with Crippen LogP contribution >= 0.6 is 0 Å². The van der Waals surface area contributed by atoms with Crippen LogP contribution in [-0.2, 0) is 11.2 Å². The Labute approximate surface area is 97.0 Å². The van der Waals surface area contributed by atoms with E-state index >= 15 is 0 Å². The van der Waals surface area contributed by atoms with Crippen molar-refractivity contribution in [2.45, 2.75) is 19.8 Å². The average molecular weight is 221 g/mol. The van der Waals surface area contributed by atoms with Gasteiger partial charge in [0.05, 0.1) is 0 Å². The predicted molar refractivity (Wildman–Crippen MR) is 64.6 cm³/mol. The van der Waals surface area contributed by atoms with Crippen LogP contribution in [0.3, 0.4) is 0 Å². The minimum Gasteiger partial charge on any atom is -0.484 e. The van der Waals surface area contributed by atoms with Crippen molar-refractivity contribution in [3.8, 4) is 5.75 Å². The van der Waals surface area contributed by atoms with E-state index in [-0.39, 0.29) is 12.5 Å². The molecule has 0 heterocycles. The fraction of sp³-hybridized carbons (Fsp3) is 0.462. The second kappa shape index (κ2) is 6.16. The highest BCUT2D eigenvalue weighted by molar-refractivity contribution is 5.77. The molecule has 0 radical (unpaired) electrons. The molecule has 1 amide bonds. The highest BCUT2D eigenvalue weighted by Gasteiger charge is 2.04. The van der Waals surface area contributed by atoms with E-state index in [0.29, 0.717) is 0 Å². The van der Waals surface area contributed by atoms with Crippen LogP contribution in [-0.4, -0.2) is 31.5 Å². The molecule has 0 bridgehead atoms. The lowest BCUT2D eigenvalue weighted by Crippen LogP contribution is -2.27. The van der Waals surface area contributed by atoms with E-state index in [1.165, 1.54) is 10.5 Å². The first kappa shape index (κ1) is 12.6. The van der Waals surface area contributed by atoms with Gasteiger partial charge in [0.2, 0.25) is 0 Å². The van der Waals surface area contributed by atoms with E-state index in [2.05, 4.69) is 13.0 Å². The predicted octanol–water partition coefficient (Wildman–Crippen LogP) is 2.11. The summed E-state index contributed by atoms with van der Waals surface area (Å²) in [6, 6.07) is 7.90. The molecule has 0 aliphatic rings. The van der Waals surface area contributed by atoms with Crippen molar-refractivity contribution in [1.29, 1.82) is 0 Å². The Morgan fingerprint density at radius 1 is 1.38 bits per heavy atom. The lowest BCUT2D eigenvalue weighted by molar-refractivity contribution is -0.130. The number of likely N-dealkylation sites (N-methyl/N-ethyl adjacent to an activating group) is 1. The third-order valence-corrected chi connectivity index (χ3v) is 2.30. The third kappa shape index (κ3) is 3.93. The molecule has 0 atom stereocenters. The van der Waals surface area contributed by atoms with Gasteiger partial charge in [-0.2, -0.15) is 0 Å². The standard InChI is InChI=1S/C13H19NO2/c1-4-6-11-7-5-8-12(9-11)16-10-13(15)14(2)3/h5,7-9H,4,6,10H2,1-3H3. The number of nitrogens with zero attached hydrogens (tertiary/aromatic N) is 1. The molecule has 3 heteroatoms. The average Bonchev–Trinajstić information content (AvgIpc) is 2.26. The molecule has 0 unspecified atom stereocenters. The van der Waals surface area contributed by atoms with Crippen molar-refractivity contribution in [1.82, 2.24) is 4.90 Å². The first-order valence-electron chi connectivity index (χ1n) is 5.55. The minimum atomic E-state index is -0.0269. The Morgan fingerprint density at radius 2 is 2.12 bits per heavy atom. The lowest BCUT2D eigenvalue weighted by Gasteiger charge is -2.11. The van der Waals surface area contributed by atoms with Crippen LogP contribution in [0, 0.1) is 0 Å². The van der Waals surface area contributed by atoms with Crippen molar-refractivity contribution in [2.24, 2.45) is 0 Å². The van der Waals surface area contributed by atoms with Crippen LogP contribution in [0.25, 0.3) is 0 Å². The van der Waals surface area contributed by atoms with Gasteiger partial charge in [-0.1, -0.05) is 25.5 Å². The van der Waals surface area contributed by atoms with Gasteiger partial charge in [0.1, 0.15) is 5.75 Å². The number of hydrogen-bond donors (Lipinski definition) is 0. The minimum absolute atomic E-state index is 0.0269. The molecule has 0 N–H and O–H groups in total. The summed E-state index contributed by atoms with van der Waals surface area (Å²) in [5.74, 6) is 0.738. The van der Waals surface area contributed by atoms with Crippen molar-refractivity contribution in [3.05, 3.63) is 29.8 Å². The van der Waals surface area contributed by atoms with Gasteiger partial charge >= 0.3 is 0 Å². The molecule has 0 aromatic heterocycles. The molecule has 88 valence electrons. The number of hydrogen-bond acceptors (Lipinski definition) is 2. The largest absolute Gasteiger partial charge is 0.484 e. The van der Waals surface area contributed by atoms with Crippen LogP contribution in [0.15, 0.2) is 24.3 Å². The molecule has 1 rings (SSSR count). The molecule has 0 fully saturated rings. The molecule has 16 heavy (non-hydrogen) atoms. The number of amides is 1. The zero-order valence-corrected chi connectivity index (χ0v) is 10.2. The van der Waals surface area contributed by atoms with E-state index in [1.54, 1.807) is 14.1 Å². The summed E-state index contributed by atoms with van der Waals surface area (Å²) in [5.41, 5.74) is 1.25. The highest BCUT2D eigenvalue weighted by atomic mass is 16.5. The summed E-state index contributed by atoms with van der Waals surface area (Å²) in [6.07, 6.45) is 2.15. The molecule has 0 spiro atoms. The van der Waals surface area contributed by atoms with Gasteiger partial charge in [-0.15, -0.1) is 0 Å². The number of ether oxygens (including phenoxy) is 1. The molecular weight excluding hydrogens is 202 g/mol. The summed E-state index contributed by atoms with van der Waals surface area (Å²) < 4.78 is 5.42. The number of carbonyl (C=O) groups excluding carboxylic acids is 1. The van der Waals surface area contributed by atoms with Gasteiger partial charge < -0.3 is 9.64 Å². The number of rotatable bonds is 5. The van der Waals surface area contributed by atoms with E-state index in [1.807, 2.05) is 18.2 Å². The fourth-order valence-corrected chi connectivity index (χ4v) is 1.35. The van der Waals surface area contributed by atoms with Gasteiger partial charge in [0.15, 0.2) is 6.61 Å². The summed E-state index contributed by atoms with van der Waals surface area (Å²) in [7, 11) is 3.44. The normalized spacial score (nSPS) is 9.94. The van der Waals surface area contributed by atoms with Gasteiger partial charge in [0.25, 0.3) is 5.91 Å². The van der Waals surface area contributed by atoms with Gasteiger partial charge in [-0.25, -0.2) is 0 Å². The first-order valence-corrected chi connectivity index (χ1v) is 5.55. The number of carbonyl (C=O) groups is 1. The molecule has 1 aromatic carbocycles. The van der Waals surface area contributed by atoms with Gasteiger partial charge in [-0.05, 0) is 24.1 Å². The summed E-state index contributed by atoms with van der Waals surface area (Å²) >= 11 is 0. The smallest absolute Gasteiger partial charge is 0.259 e. The Balaban J connectivity index is 2.53. The summed E-state index contributed by atoms with van der Waals surface area (Å²) in [5, 5.41) is 0. The second-order valence-corrected chi connectivity index (χ2v) is 3.97. The Kier molecular flexibility index (Phi) is 4.83. The topological polar surface area (TPSA) is 29.5 Å². The van der Waals surface area contributed by atoms with E-state index in [4.69, 9.17) is 4.74 Å². The van der Waals surface area contributed by atoms with Crippen LogP contribution in [0.5, 0.6) is 5.75 Å². The van der Waals surface area contributed by atoms with Crippen LogP contribution < -0.4 is 4.74 Å². The zero-order valence-electron chi connectivity index (χ0n) is 10.2. The van der Waals surface area contributed by atoms with Crippen molar-refractivity contribution >= 4 is 5.91 Å². The molecular formula is C13H19NO2. The van der Waals surface area contributed by atoms with Gasteiger partial charge in [0, 0.05) is 14.1 Å². The maximum Gasteiger partial charge on any atom is 0.259 e. The molecule has 0 aliphatic heterocycles. The molecule has 0 saturated carbocycles.